The molecule has 0 saturated carbocycles. The van der Waals surface area contributed by atoms with Crippen molar-refractivity contribution in [2.24, 2.45) is 0 Å². The lowest BCUT2D eigenvalue weighted by molar-refractivity contribution is 0.0766. The Hall–Kier alpha value is -1.14. The monoisotopic (exact) mass is 315 g/mol. The predicted molar refractivity (Wildman–Crippen MR) is 81.8 cm³/mol. The Morgan fingerprint density at radius 1 is 1.45 bits per heavy atom. The van der Waals surface area contributed by atoms with Gasteiger partial charge in [0, 0.05) is 41.9 Å². The molecule has 1 aliphatic heterocycles. The van der Waals surface area contributed by atoms with Gasteiger partial charge in [0.2, 0.25) is 0 Å². The molecule has 0 aliphatic carbocycles. The van der Waals surface area contributed by atoms with Crippen molar-refractivity contribution in [3.05, 3.63) is 22.8 Å². The van der Waals surface area contributed by atoms with Gasteiger partial charge in [0.25, 0.3) is 5.91 Å². The van der Waals surface area contributed by atoms with E-state index in [1.165, 1.54) is 0 Å². The Kier molecular flexibility index (Phi) is 5.37. The Balaban J connectivity index is 2.13. The molecule has 0 radical (unpaired) electrons. The van der Waals surface area contributed by atoms with Gasteiger partial charge in [-0.15, -0.1) is 0 Å². The number of rotatable bonds is 4. The number of halogens is 1. The topological polar surface area (TPSA) is 62.3 Å². The van der Waals surface area contributed by atoms with Crippen LogP contribution in [0.4, 0.5) is 5.82 Å². The van der Waals surface area contributed by atoms with Gasteiger partial charge in [-0.1, -0.05) is 18.5 Å². The maximum absolute atomic E-state index is 12.4. The van der Waals surface area contributed by atoms with E-state index in [9.17, 15) is 9.00 Å². The van der Waals surface area contributed by atoms with E-state index in [1.807, 2.05) is 0 Å². The van der Waals surface area contributed by atoms with Crippen LogP contribution in [0.25, 0.3) is 0 Å². The summed E-state index contributed by atoms with van der Waals surface area (Å²) in [4.78, 5) is 18.4. The summed E-state index contributed by atoms with van der Waals surface area (Å²) in [5.74, 6) is 1.51. The maximum atomic E-state index is 12.4. The number of hydrogen-bond donors (Lipinski definition) is 1. The van der Waals surface area contributed by atoms with Crippen LogP contribution in [-0.4, -0.2) is 51.1 Å². The van der Waals surface area contributed by atoms with E-state index in [0.29, 0.717) is 35.4 Å². The average Bonchev–Trinajstić information content (AvgIpc) is 2.46. The minimum Gasteiger partial charge on any atom is -0.370 e. The highest BCUT2D eigenvalue weighted by atomic mass is 35.5. The third kappa shape index (κ3) is 3.70. The van der Waals surface area contributed by atoms with Crippen LogP contribution in [-0.2, 0) is 10.8 Å². The lowest BCUT2D eigenvalue weighted by Crippen LogP contribution is -2.42. The van der Waals surface area contributed by atoms with Crippen LogP contribution < -0.4 is 5.32 Å². The van der Waals surface area contributed by atoms with Crippen molar-refractivity contribution in [2.75, 3.05) is 36.5 Å². The molecular weight excluding hydrogens is 298 g/mol. The number of carbonyl (C=O) groups is 1. The normalized spacial score (nSPS) is 16.2. The molecule has 2 heterocycles. The molecule has 20 heavy (non-hydrogen) atoms. The van der Waals surface area contributed by atoms with Gasteiger partial charge < -0.3 is 10.2 Å². The summed E-state index contributed by atoms with van der Waals surface area (Å²) in [5.41, 5.74) is 0.264. The smallest absolute Gasteiger partial charge is 0.274 e. The molecule has 1 aromatic rings. The second kappa shape index (κ2) is 7.04. The van der Waals surface area contributed by atoms with Gasteiger partial charge >= 0.3 is 0 Å². The molecule has 1 aromatic heterocycles. The summed E-state index contributed by atoms with van der Waals surface area (Å²) in [6, 6.07) is 3.45. The molecule has 1 amide bonds. The molecule has 0 unspecified atom stereocenters. The lowest BCUT2D eigenvalue weighted by atomic mass is 10.3. The molecule has 0 bridgehead atoms. The first kappa shape index (κ1) is 15.3. The van der Waals surface area contributed by atoms with Crippen molar-refractivity contribution in [1.29, 1.82) is 0 Å². The van der Waals surface area contributed by atoms with Crippen molar-refractivity contribution < 1.29 is 9.00 Å². The fourth-order valence-corrected chi connectivity index (χ4v) is 3.17. The van der Waals surface area contributed by atoms with E-state index in [2.05, 4.69) is 17.2 Å². The average molecular weight is 316 g/mol. The third-order valence-corrected chi connectivity index (χ3v) is 4.65. The number of pyridine rings is 1. The number of aromatic nitrogens is 1. The SMILES string of the molecule is CCCNc1ccc(Cl)c(C(=O)N2CCS(=O)CC2)n1. The van der Waals surface area contributed by atoms with Crippen molar-refractivity contribution in [1.82, 2.24) is 9.88 Å². The fourth-order valence-electron chi connectivity index (χ4n) is 1.93. The second-order valence-corrected chi connectivity index (χ2v) is 6.70. The molecule has 5 nitrogen and oxygen atoms in total. The van der Waals surface area contributed by atoms with Crippen molar-refractivity contribution in [3.8, 4) is 0 Å². The maximum Gasteiger partial charge on any atom is 0.274 e. The minimum atomic E-state index is -0.808. The first-order valence-electron chi connectivity index (χ1n) is 6.66. The van der Waals surface area contributed by atoms with E-state index in [1.54, 1.807) is 17.0 Å². The first-order chi connectivity index (χ1) is 9.61. The fraction of sp³-hybridized carbons (Fsp3) is 0.538. The standard InChI is InChI=1S/C13H18ClN3O2S/c1-2-5-15-11-4-3-10(14)12(16-11)13(18)17-6-8-20(19)9-7-17/h3-4H,2,5-9H2,1H3,(H,15,16). The van der Waals surface area contributed by atoms with Crippen LogP contribution in [0.1, 0.15) is 23.8 Å². The van der Waals surface area contributed by atoms with Gasteiger partial charge in [-0.25, -0.2) is 4.98 Å². The molecule has 1 saturated heterocycles. The second-order valence-electron chi connectivity index (χ2n) is 4.59. The van der Waals surface area contributed by atoms with Gasteiger partial charge in [0.1, 0.15) is 11.5 Å². The Morgan fingerprint density at radius 3 is 2.80 bits per heavy atom. The van der Waals surface area contributed by atoms with Gasteiger partial charge in [-0.2, -0.15) is 0 Å². The molecule has 1 N–H and O–H groups in total. The first-order valence-corrected chi connectivity index (χ1v) is 8.53. The molecule has 0 spiro atoms. The number of carbonyl (C=O) groups excluding carboxylic acids is 1. The predicted octanol–water partition coefficient (Wildman–Crippen LogP) is 1.76. The number of hydrogen-bond acceptors (Lipinski definition) is 4. The lowest BCUT2D eigenvalue weighted by Gasteiger charge is -2.26. The molecule has 1 aliphatic rings. The molecule has 0 atom stereocenters. The van der Waals surface area contributed by atoms with Crippen LogP contribution in [0.5, 0.6) is 0 Å². The van der Waals surface area contributed by atoms with Gasteiger partial charge in [-0.3, -0.25) is 9.00 Å². The minimum absolute atomic E-state index is 0.188. The van der Waals surface area contributed by atoms with Crippen LogP contribution >= 0.6 is 11.6 Å². The quantitative estimate of drug-likeness (QED) is 0.919. The van der Waals surface area contributed by atoms with E-state index in [-0.39, 0.29) is 11.6 Å². The number of amides is 1. The van der Waals surface area contributed by atoms with E-state index < -0.39 is 10.8 Å². The summed E-state index contributed by atoms with van der Waals surface area (Å²) in [5, 5.41) is 3.49. The zero-order valence-electron chi connectivity index (χ0n) is 11.4. The molecule has 2 rings (SSSR count). The van der Waals surface area contributed by atoms with Crippen molar-refractivity contribution in [2.45, 2.75) is 13.3 Å². The van der Waals surface area contributed by atoms with Crippen molar-refractivity contribution >= 4 is 34.1 Å². The van der Waals surface area contributed by atoms with E-state index in [0.717, 1.165) is 13.0 Å². The number of nitrogens with zero attached hydrogens (tertiary/aromatic N) is 2. The number of nitrogens with one attached hydrogen (secondary N) is 1. The molecular formula is C13H18ClN3O2S. The zero-order valence-corrected chi connectivity index (χ0v) is 13.0. The highest BCUT2D eigenvalue weighted by Gasteiger charge is 2.24. The zero-order chi connectivity index (χ0) is 14.5. The highest BCUT2D eigenvalue weighted by Crippen LogP contribution is 2.19. The third-order valence-electron chi connectivity index (χ3n) is 3.07. The highest BCUT2D eigenvalue weighted by molar-refractivity contribution is 7.85. The van der Waals surface area contributed by atoms with E-state index in [4.69, 9.17) is 11.6 Å². The van der Waals surface area contributed by atoms with Crippen molar-refractivity contribution in [3.63, 3.8) is 0 Å². The largest absolute Gasteiger partial charge is 0.370 e. The summed E-state index contributed by atoms with van der Waals surface area (Å²) < 4.78 is 11.3. The Morgan fingerprint density at radius 2 is 2.15 bits per heavy atom. The molecule has 0 aromatic carbocycles. The van der Waals surface area contributed by atoms with E-state index >= 15 is 0 Å². The van der Waals surface area contributed by atoms with Gasteiger partial charge in [0.15, 0.2) is 0 Å². The summed E-state index contributed by atoms with van der Waals surface area (Å²) in [7, 11) is -0.808. The summed E-state index contributed by atoms with van der Waals surface area (Å²) in [6.45, 7) is 3.85. The molecule has 7 heteroatoms. The summed E-state index contributed by atoms with van der Waals surface area (Å²) >= 11 is 6.08. The molecule has 110 valence electrons. The summed E-state index contributed by atoms with van der Waals surface area (Å²) in [6.07, 6.45) is 0.978. The Bertz CT molecular complexity index is 514. The van der Waals surface area contributed by atoms with Crippen LogP contribution in [0, 0.1) is 0 Å². The van der Waals surface area contributed by atoms with Gasteiger partial charge in [-0.05, 0) is 18.6 Å². The molecule has 1 fully saturated rings. The number of anilines is 1. The Labute approximate surface area is 126 Å². The van der Waals surface area contributed by atoms with Crippen LogP contribution in [0.15, 0.2) is 12.1 Å². The van der Waals surface area contributed by atoms with Gasteiger partial charge in [0.05, 0.1) is 5.02 Å². The van der Waals surface area contributed by atoms with Crippen LogP contribution in [0.3, 0.4) is 0 Å². The van der Waals surface area contributed by atoms with Crippen LogP contribution in [0.2, 0.25) is 5.02 Å².